The summed E-state index contributed by atoms with van der Waals surface area (Å²) in [7, 11) is 0. The zero-order chi connectivity index (χ0) is 20.3. The van der Waals surface area contributed by atoms with Crippen molar-refractivity contribution in [3.8, 4) is 6.07 Å². The number of hydrogen-bond donors (Lipinski definition) is 3. The van der Waals surface area contributed by atoms with Crippen molar-refractivity contribution in [2.45, 2.75) is 19.0 Å². The van der Waals surface area contributed by atoms with Crippen LogP contribution in [-0.2, 0) is 17.8 Å². The van der Waals surface area contributed by atoms with Gasteiger partial charge in [-0.3, -0.25) is 4.79 Å². The van der Waals surface area contributed by atoms with E-state index in [0.29, 0.717) is 24.7 Å². The molecule has 2 aromatic carbocycles. The van der Waals surface area contributed by atoms with Gasteiger partial charge in [0.1, 0.15) is 18.4 Å². The molecule has 0 spiro atoms. The number of amides is 1. The van der Waals surface area contributed by atoms with Gasteiger partial charge in [0.15, 0.2) is 0 Å². The smallest absolute Gasteiger partial charge is 0.243 e. The molecule has 0 aliphatic rings. The molecule has 0 aliphatic carbocycles. The Hall–Kier alpha value is -3.92. The molecule has 0 radical (unpaired) electrons. The van der Waals surface area contributed by atoms with E-state index in [1.54, 1.807) is 12.3 Å². The van der Waals surface area contributed by atoms with Gasteiger partial charge in [-0.2, -0.15) is 10.2 Å². The second-order valence-corrected chi connectivity index (χ2v) is 6.37. The lowest BCUT2D eigenvalue weighted by molar-refractivity contribution is -0.121. The molecule has 1 heterocycles. The molecule has 0 saturated heterocycles. The van der Waals surface area contributed by atoms with Gasteiger partial charge in [-0.15, -0.1) is 0 Å². The Bertz CT molecular complexity index is 956. The maximum atomic E-state index is 12.5. The standard InChI is InChI=1S/C22H22N6O/c23-12-14-24-21(29)19(15-17-7-3-1-4-8-17)27-20-11-13-25-22(28-20)26-16-18-9-5-2-6-10-18/h1-11,13,19H,14-16H2,(H,24,29)(H2,25,26,27,28)/t19-/m0/s1. The first-order valence-electron chi connectivity index (χ1n) is 9.30. The van der Waals surface area contributed by atoms with E-state index in [-0.39, 0.29) is 12.5 Å². The Morgan fingerprint density at radius 3 is 2.38 bits per heavy atom. The molecule has 0 fully saturated rings. The van der Waals surface area contributed by atoms with Gasteiger partial charge in [-0.05, 0) is 17.2 Å². The zero-order valence-corrected chi connectivity index (χ0v) is 15.9. The van der Waals surface area contributed by atoms with Crippen molar-refractivity contribution in [3.63, 3.8) is 0 Å². The number of nitrogens with zero attached hydrogens (tertiary/aromatic N) is 3. The molecule has 0 saturated carbocycles. The molecule has 0 unspecified atom stereocenters. The Morgan fingerprint density at radius 1 is 1.00 bits per heavy atom. The van der Waals surface area contributed by atoms with Crippen LogP contribution in [-0.4, -0.2) is 28.5 Å². The lowest BCUT2D eigenvalue weighted by Crippen LogP contribution is -2.41. The molecule has 3 N–H and O–H groups in total. The molecule has 1 amide bonds. The van der Waals surface area contributed by atoms with Crippen molar-refractivity contribution in [2.24, 2.45) is 0 Å². The normalized spacial score (nSPS) is 11.1. The lowest BCUT2D eigenvalue weighted by Gasteiger charge is -2.19. The number of carbonyl (C=O) groups is 1. The summed E-state index contributed by atoms with van der Waals surface area (Å²) in [4.78, 5) is 21.2. The highest BCUT2D eigenvalue weighted by atomic mass is 16.2. The van der Waals surface area contributed by atoms with Gasteiger partial charge in [0, 0.05) is 19.2 Å². The predicted octanol–water partition coefficient (Wildman–Crippen LogP) is 2.75. The molecular formula is C22H22N6O. The molecule has 1 atom stereocenters. The van der Waals surface area contributed by atoms with E-state index in [0.717, 1.165) is 11.1 Å². The third-order valence-corrected chi connectivity index (χ3v) is 4.21. The van der Waals surface area contributed by atoms with Crippen LogP contribution in [0, 0.1) is 11.3 Å². The van der Waals surface area contributed by atoms with Crippen LogP contribution in [0.25, 0.3) is 0 Å². The SMILES string of the molecule is N#CCNC(=O)[C@H](Cc1ccccc1)Nc1ccnc(NCc2ccccc2)n1. The van der Waals surface area contributed by atoms with Gasteiger partial charge in [0.25, 0.3) is 0 Å². The second-order valence-electron chi connectivity index (χ2n) is 6.37. The monoisotopic (exact) mass is 386 g/mol. The second kappa shape index (κ2) is 10.4. The summed E-state index contributed by atoms with van der Waals surface area (Å²) in [5.74, 6) is 0.742. The number of anilines is 2. The molecule has 7 nitrogen and oxygen atoms in total. The van der Waals surface area contributed by atoms with Crippen molar-refractivity contribution in [3.05, 3.63) is 84.1 Å². The van der Waals surface area contributed by atoms with E-state index < -0.39 is 6.04 Å². The van der Waals surface area contributed by atoms with Gasteiger partial charge < -0.3 is 16.0 Å². The zero-order valence-electron chi connectivity index (χ0n) is 15.9. The fourth-order valence-corrected chi connectivity index (χ4v) is 2.79. The largest absolute Gasteiger partial charge is 0.358 e. The lowest BCUT2D eigenvalue weighted by atomic mass is 10.1. The number of benzene rings is 2. The Labute approximate surface area is 169 Å². The summed E-state index contributed by atoms with van der Waals surface area (Å²) in [6.45, 7) is 0.555. The maximum absolute atomic E-state index is 12.5. The molecule has 1 aromatic heterocycles. The van der Waals surface area contributed by atoms with Gasteiger partial charge >= 0.3 is 0 Å². The first kappa shape index (κ1) is 19.8. The van der Waals surface area contributed by atoms with Gasteiger partial charge in [0.05, 0.1) is 6.07 Å². The van der Waals surface area contributed by atoms with Gasteiger partial charge in [-0.25, -0.2) is 4.98 Å². The van der Waals surface area contributed by atoms with Crippen LogP contribution in [0.5, 0.6) is 0 Å². The topological polar surface area (TPSA) is 103 Å². The van der Waals surface area contributed by atoms with Crippen molar-refractivity contribution in [1.29, 1.82) is 5.26 Å². The number of hydrogen-bond acceptors (Lipinski definition) is 6. The van der Waals surface area contributed by atoms with Crippen LogP contribution in [0.1, 0.15) is 11.1 Å². The Morgan fingerprint density at radius 2 is 1.69 bits per heavy atom. The first-order valence-corrected chi connectivity index (χ1v) is 9.30. The van der Waals surface area contributed by atoms with Crippen molar-refractivity contribution in [1.82, 2.24) is 15.3 Å². The summed E-state index contributed by atoms with van der Waals surface area (Å²) in [6, 6.07) is 22.7. The third kappa shape index (κ3) is 6.33. The van der Waals surface area contributed by atoms with Crippen molar-refractivity contribution >= 4 is 17.7 Å². The summed E-state index contributed by atoms with van der Waals surface area (Å²) in [5, 5.41) is 17.7. The van der Waals surface area contributed by atoms with E-state index in [9.17, 15) is 4.79 Å². The van der Waals surface area contributed by atoms with Crippen LogP contribution < -0.4 is 16.0 Å². The predicted molar refractivity (Wildman–Crippen MR) is 112 cm³/mol. The van der Waals surface area contributed by atoms with Crippen LogP contribution >= 0.6 is 0 Å². The minimum absolute atomic E-state index is 0.0422. The van der Waals surface area contributed by atoms with Crippen LogP contribution in [0.4, 0.5) is 11.8 Å². The van der Waals surface area contributed by atoms with Crippen molar-refractivity contribution in [2.75, 3.05) is 17.2 Å². The number of aromatic nitrogens is 2. The maximum Gasteiger partial charge on any atom is 0.243 e. The molecule has 0 bridgehead atoms. The summed E-state index contributed by atoms with van der Waals surface area (Å²) >= 11 is 0. The van der Waals surface area contributed by atoms with E-state index >= 15 is 0 Å². The summed E-state index contributed by atoms with van der Waals surface area (Å²) < 4.78 is 0. The minimum Gasteiger partial charge on any atom is -0.358 e. The Kier molecular flexibility index (Phi) is 7.13. The molecule has 29 heavy (non-hydrogen) atoms. The van der Waals surface area contributed by atoms with Gasteiger partial charge in [0.2, 0.25) is 11.9 Å². The molecule has 146 valence electrons. The van der Waals surface area contributed by atoms with E-state index in [2.05, 4.69) is 25.9 Å². The van der Waals surface area contributed by atoms with E-state index in [1.807, 2.05) is 66.7 Å². The fourth-order valence-electron chi connectivity index (χ4n) is 2.79. The van der Waals surface area contributed by atoms with Gasteiger partial charge in [-0.1, -0.05) is 60.7 Å². The number of nitrogens with one attached hydrogen (secondary N) is 3. The minimum atomic E-state index is -0.567. The highest BCUT2D eigenvalue weighted by molar-refractivity contribution is 5.84. The van der Waals surface area contributed by atoms with Crippen molar-refractivity contribution < 1.29 is 4.79 Å². The number of rotatable bonds is 9. The number of carbonyl (C=O) groups excluding carboxylic acids is 1. The average Bonchev–Trinajstić information content (AvgIpc) is 2.77. The molecular weight excluding hydrogens is 364 g/mol. The van der Waals surface area contributed by atoms with E-state index in [1.165, 1.54) is 0 Å². The van der Waals surface area contributed by atoms with Crippen LogP contribution in [0.3, 0.4) is 0 Å². The summed E-state index contributed by atoms with van der Waals surface area (Å²) in [5.41, 5.74) is 2.13. The fraction of sp³-hybridized carbons (Fsp3) is 0.182. The number of nitriles is 1. The average molecular weight is 386 g/mol. The molecule has 3 aromatic rings. The first-order chi connectivity index (χ1) is 14.2. The summed E-state index contributed by atoms with van der Waals surface area (Å²) in [6.07, 6.45) is 2.10. The van der Waals surface area contributed by atoms with E-state index in [4.69, 9.17) is 5.26 Å². The van der Waals surface area contributed by atoms with Crippen LogP contribution in [0.15, 0.2) is 72.9 Å². The molecule has 3 rings (SSSR count). The Balaban J connectivity index is 1.69. The molecule has 0 aliphatic heterocycles. The van der Waals surface area contributed by atoms with Crippen LogP contribution in [0.2, 0.25) is 0 Å². The quantitative estimate of drug-likeness (QED) is 0.489. The highest BCUT2D eigenvalue weighted by Gasteiger charge is 2.19. The third-order valence-electron chi connectivity index (χ3n) is 4.21. The molecule has 7 heteroatoms. The highest BCUT2D eigenvalue weighted by Crippen LogP contribution is 2.12.